The lowest BCUT2D eigenvalue weighted by Crippen LogP contribution is -2.49. The summed E-state index contributed by atoms with van der Waals surface area (Å²) in [6.07, 6.45) is 4.16. The minimum atomic E-state index is -3.35. The maximum Gasteiger partial charge on any atom is 0.251 e. The highest BCUT2D eigenvalue weighted by Crippen LogP contribution is 2.15. The van der Waals surface area contributed by atoms with Gasteiger partial charge in [-0.05, 0) is 49.2 Å². The number of ether oxygens (including phenoxy) is 1. The Labute approximate surface area is 190 Å². The van der Waals surface area contributed by atoms with E-state index in [1.54, 1.807) is 30.5 Å². The Kier molecular flexibility index (Phi) is 8.87. The Morgan fingerprint density at radius 1 is 1.06 bits per heavy atom. The van der Waals surface area contributed by atoms with Crippen LogP contribution in [0.25, 0.3) is 0 Å². The van der Waals surface area contributed by atoms with Crippen molar-refractivity contribution in [3.05, 3.63) is 54.2 Å². The third kappa shape index (κ3) is 6.93. The number of aromatic nitrogens is 1. The minimum Gasteiger partial charge on any atom is -0.494 e. The number of amides is 1. The molecule has 1 fully saturated rings. The van der Waals surface area contributed by atoms with Crippen LogP contribution in [0.1, 0.15) is 36.5 Å². The number of carbonyl (C=O) groups excluding carboxylic acids is 1. The zero-order valence-electron chi connectivity index (χ0n) is 18.6. The van der Waals surface area contributed by atoms with E-state index in [1.165, 1.54) is 4.31 Å². The molecular formula is C23H32N4O4S. The summed E-state index contributed by atoms with van der Waals surface area (Å²) in [5.41, 5.74) is 0.529. The molecule has 1 aliphatic rings. The molecule has 1 aromatic heterocycles. The number of nitrogens with zero attached hydrogens (tertiary/aromatic N) is 3. The van der Waals surface area contributed by atoms with Crippen molar-refractivity contribution in [2.24, 2.45) is 0 Å². The Balaban J connectivity index is 1.38. The van der Waals surface area contributed by atoms with Crippen LogP contribution in [0, 0.1) is 0 Å². The quantitative estimate of drug-likeness (QED) is 0.518. The number of pyridine rings is 1. The van der Waals surface area contributed by atoms with E-state index in [4.69, 9.17) is 4.74 Å². The van der Waals surface area contributed by atoms with Crippen LogP contribution < -0.4 is 15.0 Å². The first kappa shape index (κ1) is 24.0. The van der Waals surface area contributed by atoms with Gasteiger partial charge in [0.1, 0.15) is 11.6 Å². The SMILES string of the molecule is CCCCOc1ccc(C(=O)NCCCS(=O)(=O)N2CCN(c3ccccn3)CC2)cc1. The Morgan fingerprint density at radius 2 is 1.81 bits per heavy atom. The topological polar surface area (TPSA) is 91.8 Å². The molecule has 1 aromatic carbocycles. The van der Waals surface area contributed by atoms with E-state index in [0.29, 0.717) is 51.3 Å². The number of hydrogen-bond acceptors (Lipinski definition) is 6. The zero-order chi connectivity index (χ0) is 22.8. The first-order chi connectivity index (χ1) is 15.5. The summed E-state index contributed by atoms with van der Waals surface area (Å²) in [5.74, 6) is 1.41. The van der Waals surface area contributed by atoms with Crippen LogP contribution in [-0.4, -0.2) is 68.7 Å². The molecule has 0 atom stereocenters. The molecule has 0 spiro atoms. The molecule has 32 heavy (non-hydrogen) atoms. The average molecular weight is 461 g/mol. The summed E-state index contributed by atoms with van der Waals surface area (Å²) >= 11 is 0. The predicted molar refractivity (Wildman–Crippen MR) is 126 cm³/mol. The van der Waals surface area contributed by atoms with Crippen molar-refractivity contribution in [3.63, 3.8) is 0 Å². The number of hydrogen-bond donors (Lipinski definition) is 1. The standard InChI is InChI=1S/C23H32N4O4S/c1-2-3-18-31-21-10-8-20(9-11-21)23(28)25-13-6-19-32(29,30)27-16-14-26(15-17-27)22-7-4-5-12-24-22/h4-5,7-12H,2-3,6,13-19H2,1H3,(H,25,28). The van der Waals surface area contributed by atoms with Gasteiger partial charge in [0.05, 0.1) is 12.4 Å². The molecule has 1 aliphatic heterocycles. The van der Waals surface area contributed by atoms with E-state index in [-0.39, 0.29) is 11.7 Å². The first-order valence-electron chi connectivity index (χ1n) is 11.1. The largest absolute Gasteiger partial charge is 0.494 e. The van der Waals surface area contributed by atoms with Gasteiger partial charge >= 0.3 is 0 Å². The van der Waals surface area contributed by atoms with Gasteiger partial charge in [0.2, 0.25) is 10.0 Å². The lowest BCUT2D eigenvalue weighted by molar-refractivity contribution is 0.0953. The monoisotopic (exact) mass is 460 g/mol. The third-order valence-corrected chi connectivity index (χ3v) is 7.31. The molecule has 0 bridgehead atoms. The van der Waals surface area contributed by atoms with Gasteiger partial charge in [-0.3, -0.25) is 4.79 Å². The first-order valence-corrected chi connectivity index (χ1v) is 12.8. The number of rotatable bonds is 11. The molecule has 0 saturated carbocycles. The van der Waals surface area contributed by atoms with Crippen molar-refractivity contribution in [3.8, 4) is 5.75 Å². The second kappa shape index (κ2) is 11.8. The molecule has 2 aromatic rings. The molecule has 0 aliphatic carbocycles. The van der Waals surface area contributed by atoms with Gasteiger partial charge in [0, 0.05) is 44.5 Å². The van der Waals surface area contributed by atoms with Gasteiger partial charge in [-0.25, -0.2) is 13.4 Å². The van der Waals surface area contributed by atoms with Crippen molar-refractivity contribution in [1.82, 2.24) is 14.6 Å². The van der Waals surface area contributed by atoms with Gasteiger partial charge in [0.15, 0.2) is 0 Å². The molecule has 9 heteroatoms. The summed E-state index contributed by atoms with van der Waals surface area (Å²) in [6.45, 7) is 5.19. The highest BCUT2D eigenvalue weighted by atomic mass is 32.2. The van der Waals surface area contributed by atoms with E-state index in [2.05, 4.69) is 22.1 Å². The van der Waals surface area contributed by atoms with Gasteiger partial charge in [-0.15, -0.1) is 0 Å². The molecular weight excluding hydrogens is 428 g/mol. The van der Waals surface area contributed by atoms with Crippen molar-refractivity contribution < 1.29 is 17.9 Å². The predicted octanol–water partition coefficient (Wildman–Crippen LogP) is 2.53. The Morgan fingerprint density at radius 3 is 2.47 bits per heavy atom. The summed E-state index contributed by atoms with van der Waals surface area (Å²) in [6, 6.07) is 12.7. The zero-order valence-corrected chi connectivity index (χ0v) is 19.4. The molecule has 1 amide bonds. The third-order valence-electron chi connectivity index (χ3n) is 5.35. The molecule has 8 nitrogen and oxygen atoms in total. The van der Waals surface area contributed by atoms with E-state index in [0.717, 1.165) is 24.4 Å². The number of carbonyl (C=O) groups is 1. The lowest BCUT2D eigenvalue weighted by atomic mass is 10.2. The number of unbranched alkanes of at least 4 members (excludes halogenated alkanes) is 1. The molecule has 2 heterocycles. The summed E-state index contributed by atoms with van der Waals surface area (Å²) in [4.78, 5) is 18.7. The van der Waals surface area contributed by atoms with Gasteiger partial charge in [-0.2, -0.15) is 4.31 Å². The second-order valence-electron chi connectivity index (χ2n) is 7.73. The van der Waals surface area contributed by atoms with Crippen LogP contribution in [-0.2, 0) is 10.0 Å². The summed E-state index contributed by atoms with van der Waals surface area (Å²) in [7, 11) is -3.35. The smallest absolute Gasteiger partial charge is 0.251 e. The van der Waals surface area contributed by atoms with Crippen molar-refractivity contribution >= 4 is 21.7 Å². The van der Waals surface area contributed by atoms with Gasteiger partial charge in [0.25, 0.3) is 5.91 Å². The fraction of sp³-hybridized carbons (Fsp3) is 0.478. The van der Waals surface area contributed by atoms with Gasteiger partial charge < -0.3 is 15.0 Å². The van der Waals surface area contributed by atoms with Crippen LogP contribution in [0.4, 0.5) is 5.82 Å². The van der Waals surface area contributed by atoms with Crippen molar-refractivity contribution in [2.75, 3.05) is 50.0 Å². The maximum atomic E-state index is 12.7. The fourth-order valence-electron chi connectivity index (χ4n) is 3.46. The van der Waals surface area contributed by atoms with Crippen molar-refractivity contribution in [1.29, 1.82) is 0 Å². The maximum absolute atomic E-state index is 12.7. The van der Waals surface area contributed by atoms with Crippen LogP contribution in [0.2, 0.25) is 0 Å². The molecule has 174 valence electrons. The normalized spacial score (nSPS) is 14.8. The van der Waals surface area contributed by atoms with E-state index in [1.807, 2.05) is 18.2 Å². The van der Waals surface area contributed by atoms with Crippen LogP contribution in [0.15, 0.2) is 48.7 Å². The summed E-state index contributed by atoms with van der Waals surface area (Å²) < 4.78 is 32.4. The molecule has 1 N–H and O–H groups in total. The molecule has 0 radical (unpaired) electrons. The van der Waals surface area contributed by atoms with Gasteiger partial charge in [-0.1, -0.05) is 19.4 Å². The van der Waals surface area contributed by atoms with Crippen LogP contribution in [0.5, 0.6) is 5.75 Å². The highest BCUT2D eigenvalue weighted by Gasteiger charge is 2.27. The van der Waals surface area contributed by atoms with Crippen LogP contribution in [0.3, 0.4) is 0 Å². The second-order valence-corrected chi connectivity index (χ2v) is 9.81. The number of piperazine rings is 1. The molecule has 0 unspecified atom stereocenters. The van der Waals surface area contributed by atoms with E-state index in [9.17, 15) is 13.2 Å². The van der Waals surface area contributed by atoms with Crippen molar-refractivity contribution in [2.45, 2.75) is 26.2 Å². The molecule has 3 rings (SSSR count). The number of benzene rings is 1. The average Bonchev–Trinajstić information content (AvgIpc) is 2.83. The van der Waals surface area contributed by atoms with E-state index < -0.39 is 10.0 Å². The fourth-order valence-corrected chi connectivity index (χ4v) is 4.95. The lowest BCUT2D eigenvalue weighted by Gasteiger charge is -2.34. The number of nitrogens with one attached hydrogen (secondary N) is 1. The minimum absolute atomic E-state index is 0.0150. The molecule has 1 saturated heterocycles. The van der Waals surface area contributed by atoms with E-state index >= 15 is 0 Å². The van der Waals surface area contributed by atoms with Crippen LogP contribution >= 0.6 is 0 Å². The highest BCUT2D eigenvalue weighted by molar-refractivity contribution is 7.89. The number of anilines is 1. The summed E-state index contributed by atoms with van der Waals surface area (Å²) in [5, 5.41) is 2.80. The Bertz CT molecular complexity index is 944. The Hall–Kier alpha value is -2.65. The number of sulfonamides is 1.